The SMILES string of the molecule is CCOc1ccc(C2CCCC2NC)cc1OCC. The molecule has 3 heteroatoms. The molecule has 0 aliphatic heterocycles. The molecule has 19 heavy (non-hydrogen) atoms. The number of hydrogen-bond acceptors (Lipinski definition) is 3. The molecule has 0 bridgehead atoms. The molecule has 0 aromatic heterocycles. The second-order valence-electron chi connectivity index (χ2n) is 5.00. The third kappa shape index (κ3) is 3.21. The van der Waals surface area contributed by atoms with Crippen molar-refractivity contribution in [2.45, 2.75) is 45.1 Å². The Bertz CT molecular complexity index is 406. The maximum Gasteiger partial charge on any atom is 0.161 e. The molecule has 106 valence electrons. The van der Waals surface area contributed by atoms with Crippen LogP contribution in [0, 0.1) is 0 Å². The van der Waals surface area contributed by atoms with E-state index in [-0.39, 0.29) is 0 Å². The van der Waals surface area contributed by atoms with Gasteiger partial charge in [-0.3, -0.25) is 0 Å². The van der Waals surface area contributed by atoms with E-state index in [1.807, 2.05) is 13.8 Å². The molecule has 2 unspecified atom stereocenters. The van der Waals surface area contributed by atoms with Gasteiger partial charge in [-0.15, -0.1) is 0 Å². The Balaban J connectivity index is 2.24. The monoisotopic (exact) mass is 263 g/mol. The molecule has 0 amide bonds. The van der Waals surface area contributed by atoms with E-state index in [2.05, 4.69) is 30.6 Å². The van der Waals surface area contributed by atoms with Crippen molar-refractivity contribution >= 4 is 0 Å². The summed E-state index contributed by atoms with van der Waals surface area (Å²) in [5.74, 6) is 2.33. The molecule has 1 N–H and O–H groups in total. The molecule has 0 radical (unpaired) electrons. The minimum absolute atomic E-state index is 0.590. The predicted octanol–water partition coefficient (Wildman–Crippen LogP) is 3.34. The normalized spacial score (nSPS) is 22.5. The van der Waals surface area contributed by atoms with Crippen molar-refractivity contribution in [2.75, 3.05) is 20.3 Å². The van der Waals surface area contributed by atoms with E-state index in [4.69, 9.17) is 9.47 Å². The molecule has 2 rings (SSSR count). The molecule has 0 heterocycles. The van der Waals surface area contributed by atoms with E-state index in [1.54, 1.807) is 0 Å². The summed E-state index contributed by atoms with van der Waals surface area (Å²) >= 11 is 0. The van der Waals surface area contributed by atoms with Gasteiger partial charge in [0.05, 0.1) is 13.2 Å². The van der Waals surface area contributed by atoms with Crippen LogP contribution in [0.1, 0.15) is 44.6 Å². The van der Waals surface area contributed by atoms with Crippen molar-refractivity contribution in [3.05, 3.63) is 23.8 Å². The predicted molar refractivity (Wildman–Crippen MR) is 78.2 cm³/mol. The first-order valence-electron chi connectivity index (χ1n) is 7.37. The Morgan fingerprint density at radius 3 is 2.53 bits per heavy atom. The summed E-state index contributed by atoms with van der Waals surface area (Å²) in [7, 11) is 2.06. The van der Waals surface area contributed by atoms with Gasteiger partial charge in [0.1, 0.15) is 0 Å². The van der Waals surface area contributed by atoms with Crippen molar-refractivity contribution in [3.63, 3.8) is 0 Å². The van der Waals surface area contributed by atoms with Crippen LogP contribution in [-0.2, 0) is 0 Å². The van der Waals surface area contributed by atoms with Gasteiger partial charge in [-0.05, 0) is 57.4 Å². The van der Waals surface area contributed by atoms with Crippen LogP contribution in [0.3, 0.4) is 0 Å². The third-order valence-corrected chi connectivity index (χ3v) is 3.88. The van der Waals surface area contributed by atoms with Gasteiger partial charge in [0.15, 0.2) is 11.5 Å². The highest BCUT2D eigenvalue weighted by atomic mass is 16.5. The summed E-state index contributed by atoms with van der Waals surface area (Å²) in [6.07, 6.45) is 3.82. The molecular weight excluding hydrogens is 238 g/mol. The topological polar surface area (TPSA) is 30.5 Å². The molecule has 1 aliphatic carbocycles. The van der Waals surface area contributed by atoms with Crippen LogP contribution in [0.5, 0.6) is 11.5 Å². The van der Waals surface area contributed by atoms with Crippen LogP contribution in [0.25, 0.3) is 0 Å². The Hall–Kier alpha value is -1.22. The van der Waals surface area contributed by atoms with E-state index >= 15 is 0 Å². The summed E-state index contributed by atoms with van der Waals surface area (Å²) in [4.78, 5) is 0. The molecule has 1 fully saturated rings. The zero-order valence-electron chi connectivity index (χ0n) is 12.2. The Kier molecular flexibility index (Phi) is 5.08. The van der Waals surface area contributed by atoms with Gasteiger partial charge in [-0.25, -0.2) is 0 Å². The summed E-state index contributed by atoms with van der Waals surface area (Å²) < 4.78 is 11.3. The molecule has 1 aliphatic rings. The van der Waals surface area contributed by atoms with Crippen LogP contribution in [-0.4, -0.2) is 26.3 Å². The fourth-order valence-electron chi connectivity index (χ4n) is 3.00. The molecule has 2 atom stereocenters. The van der Waals surface area contributed by atoms with Crippen LogP contribution >= 0.6 is 0 Å². The first kappa shape index (κ1) is 14.2. The lowest BCUT2D eigenvalue weighted by molar-refractivity contribution is 0.287. The molecule has 1 saturated carbocycles. The second kappa shape index (κ2) is 6.80. The number of benzene rings is 1. The number of nitrogens with one attached hydrogen (secondary N) is 1. The van der Waals surface area contributed by atoms with Gasteiger partial charge < -0.3 is 14.8 Å². The van der Waals surface area contributed by atoms with E-state index in [9.17, 15) is 0 Å². The van der Waals surface area contributed by atoms with E-state index < -0.39 is 0 Å². The summed E-state index contributed by atoms with van der Waals surface area (Å²) in [5, 5.41) is 3.43. The Morgan fingerprint density at radius 2 is 1.84 bits per heavy atom. The van der Waals surface area contributed by atoms with Crippen molar-refractivity contribution in [2.24, 2.45) is 0 Å². The standard InChI is InChI=1S/C16H25NO2/c1-4-18-15-10-9-12(11-16(15)19-5-2)13-7-6-8-14(13)17-3/h9-11,13-14,17H,4-8H2,1-3H3. The number of hydrogen-bond donors (Lipinski definition) is 1. The molecule has 1 aromatic carbocycles. The Morgan fingerprint density at radius 1 is 1.11 bits per heavy atom. The van der Waals surface area contributed by atoms with Crippen molar-refractivity contribution < 1.29 is 9.47 Å². The van der Waals surface area contributed by atoms with Crippen LogP contribution in [0.2, 0.25) is 0 Å². The van der Waals surface area contributed by atoms with E-state index in [1.165, 1.54) is 24.8 Å². The maximum atomic E-state index is 5.71. The van der Waals surface area contributed by atoms with Gasteiger partial charge in [0, 0.05) is 6.04 Å². The zero-order chi connectivity index (χ0) is 13.7. The highest BCUT2D eigenvalue weighted by molar-refractivity contribution is 5.44. The van der Waals surface area contributed by atoms with Crippen molar-refractivity contribution in [1.82, 2.24) is 5.32 Å². The summed E-state index contributed by atoms with van der Waals surface area (Å²) in [6.45, 7) is 5.34. The van der Waals surface area contributed by atoms with Crippen LogP contribution in [0.15, 0.2) is 18.2 Å². The van der Waals surface area contributed by atoms with Gasteiger partial charge in [-0.2, -0.15) is 0 Å². The third-order valence-electron chi connectivity index (χ3n) is 3.88. The Labute approximate surface area is 116 Å². The number of likely N-dealkylation sites (N-methyl/N-ethyl adjacent to an activating group) is 1. The van der Waals surface area contributed by atoms with Gasteiger partial charge in [0.25, 0.3) is 0 Å². The van der Waals surface area contributed by atoms with Crippen molar-refractivity contribution in [1.29, 1.82) is 0 Å². The average molecular weight is 263 g/mol. The smallest absolute Gasteiger partial charge is 0.161 e. The summed E-state index contributed by atoms with van der Waals surface area (Å²) in [6, 6.07) is 6.99. The zero-order valence-corrected chi connectivity index (χ0v) is 12.2. The minimum atomic E-state index is 0.590. The lowest BCUT2D eigenvalue weighted by Crippen LogP contribution is -2.27. The molecular formula is C16H25NO2. The van der Waals surface area contributed by atoms with Gasteiger partial charge in [0.2, 0.25) is 0 Å². The molecule has 0 spiro atoms. The highest BCUT2D eigenvalue weighted by Gasteiger charge is 2.27. The first-order valence-corrected chi connectivity index (χ1v) is 7.37. The summed E-state index contributed by atoms with van der Waals surface area (Å²) in [5.41, 5.74) is 1.36. The first-order chi connectivity index (χ1) is 9.30. The van der Waals surface area contributed by atoms with E-state index in [0.717, 1.165) is 11.5 Å². The lowest BCUT2D eigenvalue weighted by Gasteiger charge is -2.21. The molecule has 1 aromatic rings. The van der Waals surface area contributed by atoms with Crippen LogP contribution < -0.4 is 14.8 Å². The maximum absolute atomic E-state index is 5.71. The number of ether oxygens (including phenoxy) is 2. The highest BCUT2D eigenvalue weighted by Crippen LogP contribution is 2.38. The van der Waals surface area contributed by atoms with E-state index in [0.29, 0.717) is 25.2 Å². The van der Waals surface area contributed by atoms with Gasteiger partial charge in [-0.1, -0.05) is 12.5 Å². The minimum Gasteiger partial charge on any atom is -0.490 e. The average Bonchev–Trinajstić information content (AvgIpc) is 2.89. The van der Waals surface area contributed by atoms with Gasteiger partial charge >= 0.3 is 0 Å². The fraction of sp³-hybridized carbons (Fsp3) is 0.625. The largest absolute Gasteiger partial charge is 0.490 e. The van der Waals surface area contributed by atoms with Crippen molar-refractivity contribution in [3.8, 4) is 11.5 Å². The molecule has 3 nitrogen and oxygen atoms in total. The lowest BCUT2D eigenvalue weighted by atomic mass is 9.94. The fourth-order valence-corrected chi connectivity index (χ4v) is 3.00. The number of rotatable bonds is 6. The quantitative estimate of drug-likeness (QED) is 0.854. The molecule has 0 saturated heterocycles. The second-order valence-corrected chi connectivity index (χ2v) is 5.00. The van der Waals surface area contributed by atoms with Crippen LogP contribution in [0.4, 0.5) is 0 Å².